The normalized spacial score (nSPS) is 16.2. The highest BCUT2D eigenvalue weighted by Gasteiger charge is 2.42. The SMILES string of the molecule is Cc1cc(-c2ccc3c(n2)N(C(=O)Nc2cc(-c4cnc(C)o4)ccn2)[C@H]2CCN3C2)ccn1.Cc1cc(-c2ccc3c(n2)N(C(=O)Nc2cc(-c4cnc(C)o4)ccn2)[C@H]2CCN3C2)ccn1.Cl. The fraction of sp³-hybridized carbons (Fsp3) is 0.240. The van der Waals surface area contributed by atoms with E-state index in [-0.39, 0.29) is 36.6 Å². The number of halogens is 1. The molecule has 4 aliphatic rings. The van der Waals surface area contributed by atoms with Crippen LogP contribution in [0.4, 0.5) is 44.2 Å². The number of hydrogen-bond acceptors (Lipinski definition) is 14. The number of nitrogens with one attached hydrogen (secondary N) is 2. The van der Waals surface area contributed by atoms with E-state index in [1.54, 1.807) is 73.0 Å². The van der Waals surface area contributed by atoms with Gasteiger partial charge < -0.3 is 18.6 Å². The summed E-state index contributed by atoms with van der Waals surface area (Å²) in [7, 11) is 0. The summed E-state index contributed by atoms with van der Waals surface area (Å²) < 4.78 is 11.2. The van der Waals surface area contributed by atoms with Gasteiger partial charge in [0, 0.05) is 98.5 Å². The zero-order valence-corrected chi connectivity index (χ0v) is 39.0. The predicted octanol–water partition coefficient (Wildman–Crippen LogP) is 9.30. The van der Waals surface area contributed by atoms with Crippen LogP contribution < -0.4 is 30.2 Å². The van der Waals surface area contributed by atoms with Gasteiger partial charge >= 0.3 is 12.1 Å². The molecule has 8 aromatic rings. The first-order valence-corrected chi connectivity index (χ1v) is 22.5. The molecule has 8 aromatic heterocycles. The van der Waals surface area contributed by atoms with Gasteiger partial charge in [0.15, 0.2) is 34.9 Å². The second-order valence-electron chi connectivity index (χ2n) is 17.2. The Morgan fingerprint density at radius 2 is 0.957 bits per heavy atom. The molecule has 12 rings (SSSR count). The van der Waals surface area contributed by atoms with Crippen molar-refractivity contribution in [1.29, 1.82) is 0 Å². The number of aryl methyl sites for hydroxylation is 4. The van der Waals surface area contributed by atoms with E-state index >= 15 is 0 Å². The summed E-state index contributed by atoms with van der Waals surface area (Å²) in [4.78, 5) is 70.6. The fourth-order valence-corrected chi connectivity index (χ4v) is 9.31. The minimum Gasteiger partial charge on any atom is -0.441 e. The van der Waals surface area contributed by atoms with Crippen LogP contribution in [0.1, 0.15) is 36.0 Å². The van der Waals surface area contributed by atoms with Crippen LogP contribution in [0.15, 0.2) is 119 Å². The van der Waals surface area contributed by atoms with Crippen LogP contribution in [0.2, 0.25) is 0 Å². The van der Waals surface area contributed by atoms with E-state index in [9.17, 15) is 9.59 Å². The molecule has 0 aromatic carbocycles. The van der Waals surface area contributed by atoms with Gasteiger partial charge in [0.25, 0.3) is 0 Å². The molecule has 0 unspecified atom stereocenters. The van der Waals surface area contributed by atoms with Crippen LogP contribution in [0, 0.1) is 27.7 Å². The number of rotatable bonds is 6. The van der Waals surface area contributed by atoms with Crippen molar-refractivity contribution < 1.29 is 18.4 Å². The number of urea groups is 2. The van der Waals surface area contributed by atoms with Gasteiger partial charge in [0.1, 0.15) is 11.6 Å². The summed E-state index contributed by atoms with van der Waals surface area (Å²) in [5.74, 6) is 4.64. The molecule has 0 radical (unpaired) electrons. The van der Waals surface area contributed by atoms with Crippen LogP contribution in [0.25, 0.3) is 45.2 Å². The molecule has 2 saturated heterocycles. The maximum absolute atomic E-state index is 13.5. The molecular weight excluding hydrogens is 896 g/mol. The molecule has 19 heteroatoms. The Kier molecular flexibility index (Phi) is 11.9. The highest BCUT2D eigenvalue weighted by atomic mass is 35.5. The van der Waals surface area contributed by atoms with E-state index in [4.69, 9.17) is 18.8 Å². The number of carbonyl (C=O) groups excluding carboxylic acids is 2. The molecule has 0 saturated carbocycles. The first-order chi connectivity index (χ1) is 33.1. The smallest absolute Gasteiger partial charge is 0.329 e. The molecular formula is C50H47ClN14O4. The average molecular weight is 943 g/mol. The molecule has 348 valence electrons. The number of oxazole rings is 2. The maximum atomic E-state index is 13.5. The number of nitrogens with zero attached hydrogens (tertiary/aromatic N) is 12. The molecule has 2 N–H and O–H groups in total. The fourth-order valence-electron chi connectivity index (χ4n) is 9.31. The van der Waals surface area contributed by atoms with Crippen molar-refractivity contribution in [3.8, 4) is 45.2 Å². The average Bonchev–Trinajstić information content (AvgIpc) is 4.18. The third-order valence-electron chi connectivity index (χ3n) is 12.5. The van der Waals surface area contributed by atoms with E-state index in [1.807, 2.05) is 62.4 Å². The van der Waals surface area contributed by atoms with E-state index in [1.165, 1.54) is 0 Å². The number of aromatic nitrogens is 8. The lowest BCUT2D eigenvalue weighted by molar-refractivity contribution is 0.254. The van der Waals surface area contributed by atoms with Crippen LogP contribution in [0.5, 0.6) is 0 Å². The van der Waals surface area contributed by atoms with Crippen molar-refractivity contribution in [2.24, 2.45) is 0 Å². The van der Waals surface area contributed by atoms with E-state index in [0.717, 1.165) is 95.4 Å². The minimum atomic E-state index is -0.248. The summed E-state index contributed by atoms with van der Waals surface area (Å²) in [6, 6.07) is 22.8. The van der Waals surface area contributed by atoms with Gasteiger partial charge in [-0.3, -0.25) is 30.4 Å². The van der Waals surface area contributed by atoms with Crippen molar-refractivity contribution in [3.63, 3.8) is 0 Å². The number of hydrogen-bond donors (Lipinski definition) is 2. The topological polar surface area (TPSA) is 201 Å². The molecule has 0 spiro atoms. The van der Waals surface area contributed by atoms with Gasteiger partial charge in [0.05, 0.1) is 47.2 Å². The zero-order valence-electron chi connectivity index (χ0n) is 38.2. The van der Waals surface area contributed by atoms with E-state index in [0.29, 0.717) is 46.6 Å². The van der Waals surface area contributed by atoms with Crippen LogP contribution >= 0.6 is 12.4 Å². The van der Waals surface area contributed by atoms with Crippen molar-refractivity contribution >= 4 is 59.1 Å². The Labute approximate surface area is 403 Å². The van der Waals surface area contributed by atoms with Crippen LogP contribution in [0.3, 0.4) is 0 Å². The van der Waals surface area contributed by atoms with Gasteiger partial charge in [-0.2, -0.15) is 0 Å². The zero-order chi connectivity index (χ0) is 46.5. The Morgan fingerprint density at radius 3 is 1.36 bits per heavy atom. The quantitative estimate of drug-likeness (QED) is 0.160. The molecule has 4 bridgehead atoms. The molecule has 0 aliphatic carbocycles. The molecule has 2 fully saturated rings. The Balaban J connectivity index is 0.000000158. The second-order valence-corrected chi connectivity index (χ2v) is 17.2. The molecule has 18 nitrogen and oxygen atoms in total. The highest BCUT2D eigenvalue weighted by molar-refractivity contribution is 6.05. The van der Waals surface area contributed by atoms with Gasteiger partial charge in [-0.1, -0.05) is 0 Å². The van der Waals surface area contributed by atoms with Gasteiger partial charge in [-0.25, -0.2) is 39.5 Å². The largest absolute Gasteiger partial charge is 0.441 e. The monoisotopic (exact) mass is 942 g/mol. The van der Waals surface area contributed by atoms with Crippen LogP contribution in [-0.2, 0) is 0 Å². The van der Waals surface area contributed by atoms with Gasteiger partial charge in [-0.05, 0) is 99.5 Å². The number of pyridine rings is 6. The summed E-state index contributed by atoms with van der Waals surface area (Å²) in [6.45, 7) is 10.9. The van der Waals surface area contributed by atoms with Crippen molar-refractivity contribution in [2.75, 3.05) is 56.4 Å². The van der Waals surface area contributed by atoms with Gasteiger partial charge in [-0.15, -0.1) is 12.4 Å². The predicted molar refractivity (Wildman–Crippen MR) is 265 cm³/mol. The van der Waals surface area contributed by atoms with Crippen molar-refractivity contribution in [1.82, 2.24) is 39.9 Å². The first kappa shape index (κ1) is 44.6. The lowest BCUT2D eigenvalue weighted by Crippen LogP contribution is -2.48. The van der Waals surface area contributed by atoms with Crippen molar-refractivity contribution in [3.05, 3.63) is 133 Å². The molecule has 4 aliphatic heterocycles. The van der Waals surface area contributed by atoms with E-state index < -0.39 is 0 Å². The summed E-state index contributed by atoms with van der Waals surface area (Å²) in [5.41, 5.74) is 8.94. The first-order valence-electron chi connectivity index (χ1n) is 22.5. The number of fused-ring (bicyclic) bond motifs is 8. The second kappa shape index (κ2) is 18.4. The Bertz CT molecular complexity index is 3020. The third kappa shape index (κ3) is 8.89. The molecule has 12 heterocycles. The Morgan fingerprint density at radius 1 is 0.536 bits per heavy atom. The lowest BCUT2D eigenvalue weighted by Gasteiger charge is -2.35. The number of anilines is 6. The molecule has 4 amide bonds. The Hall–Kier alpha value is -8.25. The standard InChI is InChI=1S/2C25H23N7O2.ClH/c2*1-15-11-17(5-8-26-15)20-3-4-21-24(29-20)32(19-7-10-31(21)14-19)25(33)30-23-12-18(6-9-27-23)22-13-28-16(2)34-22;/h2*3-6,8-9,11-13,19H,7,10,14H2,1-2H3,(H,27,30,33);1H/t2*19-;/m00./s1. The highest BCUT2D eigenvalue weighted by Crippen LogP contribution is 2.42. The summed E-state index contributed by atoms with van der Waals surface area (Å²) in [5, 5.41) is 5.93. The number of amides is 4. The number of carbonyl (C=O) groups is 2. The minimum absolute atomic E-state index is 0. The molecule has 2 atom stereocenters. The third-order valence-corrected chi connectivity index (χ3v) is 12.5. The van der Waals surface area contributed by atoms with Crippen molar-refractivity contribution in [2.45, 2.75) is 52.6 Å². The summed E-state index contributed by atoms with van der Waals surface area (Å²) >= 11 is 0. The van der Waals surface area contributed by atoms with E-state index in [2.05, 4.69) is 62.5 Å². The summed E-state index contributed by atoms with van der Waals surface area (Å²) in [6.07, 6.45) is 11.9. The maximum Gasteiger partial charge on any atom is 0.329 e. The van der Waals surface area contributed by atoms with Gasteiger partial charge in [0.2, 0.25) is 0 Å². The lowest BCUT2D eigenvalue weighted by atomic mass is 10.1. The molecule has 69 heavy (non-hydrogen) atoms. The van der Waals surface area contributed by atoms with Crippen LogP contribution in [-0.4, -0.2) is 90.2 Å².